The second-order valence-corrected chi connectivity index (χ2v) is 10.3. The Morgan fingerprint density at radius 3 is 2.69 bits per heavy atom. The molecular formula is C23H22N4O4S. The first-order chi connectivity index (χ1) is 15.3. The van der Waals surface area contributed by atoms with E-state index in [2.05, 4.69) is 15.3 Å². The average Bonchev–Trinajstić information content (AvgIpc) is 3.45. The summed E-state index contributed by atoms with van der Waals surface area (Å²) >= 11 is 0. The molecule has 3 aromatic heterocycles. The Hall–Kier alpha value is -3.46. The number of nitrogens with one attached hydrogen (secondary N) is 1. The Kier molecular flexibility index (Phi) is 4.85. The van der Waals surface area contributed by atoms with Gasteiger partial charge in [-0.05, 0) is 56.2 Å². The van der Waals surface area contributed by atoms with Crippen molar-refractivity contribution in [2.24, 2.45) is 0 Å². The summed E-state index contributed by atoms with van der Waals surface area (Å²) in [7, 11) is -3.09. The van der Waals surface area contributed by atoms with Gasteiger partial charge in [0.05, 0.1) is 29.3 Å². The van der Waals surface area contributed by atoms with Crippen molar-refractivity contribution in [1.29, 1.82) is 0 Å². The third-order valence-electron chi connectivity index (χ3n) is 5.69. The van der Waals surface area contributed by atoms with E-state index in [1.54, 1.807) is 18.4 Å². The van der Waals surface area contributed by atoms with Crippen LogP contribution in [-0.2, 0) is 9.84 Å². The molecular weight excluding hydrogens is 428 g/mol. The van der Waals surface area contributed by atoms with E-state index in [4.69, 9.17) is 4.42 Å². The SMILES string of the molecule is Cc1cccc(NC(=O)c2nc(-c3ccco3)cc3c2nc(C)n3C2CCS(=O)(=O)C2)c1. The number of carbonyl (C=O) groups excluding carboxylic acids is 1. The molecule has 1 unspecified atom stereocenters. The molecule has 1 aliphatic rings. The molecule has 4 aromatic rings. The Morgan fingerprint density at radius 2 is 2.00 bits per heavy atom. The number of pyridine rings is 1. The highest BCUT2D eigenvalue weighted by molar-refractivity contribution is 7.91. The maximum atomic E-state index is 13.3. The van der Waals surface area contributed by atoms with E-state index in [0.717, 1.165) is 5.56 Å². The van der Waals surface area contributed by atoms with Crippen LogP contribution >= 0.6 is 0 Å². The summed E-state index contributed by atoms with van der Waals surface area (Å²) in [6.07, 6.45) is 2.05. The van der Waals surface area contributed by atoms with Crippen LogP contribution in [0.2, 0.25) is 0 Å². The van der Waals surface area contributed by atoms with Crippen LogP contribution in [0, 0.1) is 13.8 Å². The van der Waals surface area contributed by atoms with Gasteiger partial charge < -0.3 is 14.3 Å². The number of rotatable bonds is 4. The van der Waals surface area contributed by atoms with Gasteiger partial charge in [0.15, 0.2) is 21.3 Å². The fraction of sp³-hybridized carbons (Fsp3) is 0.261. The number of anilines is 1. The van der Waals surface area contributed by atoms with Gasteiger partial charge in [-0.15, -0.1) is 0 Å². The zero-order valence-corrected chi connectivity index (χ0v) is 18.5. The van der Waals surface area contributed by atoms with Crippen LogP contribution in [-0.4, -0.2) is 40.4 Å². The van der Waals surface area contributed by atoms with Crippen molar-refractivity contribution in [3.63, 3.8) is 0 Å². The smallest absolute Gasteiger partial charge is 0.276 e. The number of imidazole rings is 1. The lowest BCUT2D eigenvalue weighted by atomic mass is 10.2. The van der Waals surface area contributed by atoms with Gasteiger partial charge in [0.25, 0.3) is 5.91 Å². The number of furan rings is 1. The molecule has 0 saturated carbocycles. The molecule has 32 heavy (non-hydrogen) atoms. The zero-order chi connectivity index (χ0) is 22.5. The van der Waals surface area contributed by atoms with Crippen LogP contribution in [0.1, 0.15) is 34.3 Å². The summed E-state index contributed by atoms with van der Waals surface area (Å²) < 4.78 is 31.7. The summed E-state index contributed by atoms with van der Waals surface area (Å²) in [5.41, 5.74) is 3.43. The molecule has 1 N–H and O–H groups in total. The largest absolute Gasteiger partial charge is 0.463 e. The van der Waals surface area contributed by atoms with Crippen molar-refractivity contribution in [3.05, 3.63) is 65.8 Å². The Labute approximate surface area is 185 Å². The number of benzene rings is 1. The molecule has 164 valence electrons. The number of nitrogens with zero attached hydrogens (tertiary/aromatic N) is 3. The zero-order valence-electron chi connectivity index (χ0n) is 17.7. The lowest BCUT2D eigenvalue weighted by Crippen LogP contribution is -2.15. The minimum Gasteiger partial charge on any atom is -0.463 e. The second-order valence-electron chi connectivity index (χ2n) is 8.11. The van der Waals surface area contributed by atoms with Gasteiger partial charge >= 0.3 is 0 Å². The molecule has 1 fully saturated rings. The van der Waals surface area contributed by atoms with Gasteiger partial charge in [-0.25, -0.2) is 18.4 Å². The quantitative estimate of drug-likeness (QED) is 0.505. The number of carbonyl (C=O) groups is 1. The average molecular weight is 451 g/mol. The number of sulfone groups is 1. The third kappa shape index (κ3) is 3.69. The summed E-state index contributed by atoms with van der Waals surface area (Å²) in [5, 5.41) is 2.90. The predicted molar refractivity (Wildman–Crippen MR) is 121 cm³/mol. The molecule has 9 heteroatoms. The number of hydrogen-bond acceptors (Lipinski definition) is 6. The normalized spacial score (nSPS) is 17.6. The summed E-state index contributed by atoms with van der Waals surface area (Å²) in [6, 6.07) is 12.6. The highest BCUT2D eigenvalue weighted by Crippen LogP contribution is 2.32. The van der Waals surface area contributed by atoms with E-state index in [9.17, 15) is 13.2 Å². The molecule has 0 bridgehead atoms. The Balaban J connectivity index is 1.66. The molecule has 5 rings (SSSR count). The van der Waals surface area contributed by atoms with E-state index >= 15 is 0 Å². The van der Waals surface area contributed by atoms with Crippen LogP contribution in [0.5, 0.6) is 0 Å². The Morgan fingerprint density at radius 1 is 1.16 bits per heavy atom. The molecule has 0 radical (unpaired) electrons. The lowest BCUT2D eigenvalue weighted by Gasteiger charge is -2.14. The summed E-state index contributed by atoms with van der Waals surface area (Å²) in [4.78, 5) is 22.5. The van der Waals surface area contributed by atoms with Crippen molar-refractivity contribution >= 4 is 32.5 Å². The fourth-order valence-electron chi connectivity index (χ4n) is 4.27. The number of amides is 1. The van der Waals surface area contributed by atoms with Gasteiger partial charge in [0.2, 0.25) is 0 Å². The topological polar surface area (TPSA) is 107 Å². The first-order valence-electron chi connectivity index (χ1n) is 10.3. The Bertz CT molecular complexity index is 1440. The lowest BCUT2D eigenvalue weighted by molar-refractivity contribution is 0.102. The molecule has 1 aromatic carbocycles. The molecule has 1 atom stereocenters. The standard InChI is InChI=1S/C23H22N4O4S/c1-14-5-3-6-16(11-14)25-23(28)22-21-19(12-18(26-22)20-7-4-9-31-20)27(15(2)24-21)17-8-10-32(29,30)13-17/h3-7,9,11-12,17H,8,10,13H2,1-2H3,(H,25,28). The fourth-order valence-corrected chi connectivity index (χ4v) is 5.97. The van der Waals surface area contributed by atoms with Crippen LogP contribution in [0.3, 0.4) is 0 Å². The van der Waals surface area contributed by atoms with Crippen molar-refractivity contribution in [2.75, 3.05) is 16.8 Å². The van der Waals surface area contributed by atoms with E-state index in [1.165, 1.54) is 0 Å². The number of fused-ring (bicyclic) bond motifs is 1. The van der Waals surface area contributed by atoms with Gasteiger partial charge in [-0.1, -0.05) is 12.1 Å². The van der Waals surface area contributed by atoms with Gasteiger partial charge in [0, 0.05) is 5.69 Å². The molecule has 1 amide bonds. The highest BCUT2D eigenvalue weighted by atomic mass is 32.2. The maximum Gasteiger partial charge on any atom is 0.276 e. The third-order valence-corrected chi connectivity index (χ3v) is 7.44. The molecule has 4 heterocycles. The number of aryl methyl sites for hydroxylation is 2. The van der Waals surface area contributed by atoms with Crippen molar-refractivity contribution < 1.29 is 17.6 Å². The van der Waals surface area contributed by atoms with Crippen molar-refractivity contribution in [3.8, 4) is 11.5 Å². The summed E-state index contributed by atoms with van der Waals surface area (Å²) in [6.45, 7) is 3.77. The highest BCUT2D eigenvalue weighted by Gasteiger charge is 2.32. The van der Waals surface area contributed by atoms with Crippen LogP contribution in [0.15, 0.2) is 53.1 Å². The van der Waals surface area contributed by atoms with E-state index in [-0.39, 0.29) is 23.2 Å². The number of aromatic nitrogens is 3. The van der Waals surface area contributed by atoms with Gasteiger partial charge in [0.1, 0.15) is 17.0 Å². The first kappa shape index (κ1) is 20.4. The van der Waals surface area contributed by atoms with Crippen molar-refractivity contribution in [1.82, 2.24) is 14.5 Å². The van der Waals surface area contributed by atoms with Crippen molar-refractivity contribution in [2.45, 2.75) is 26.3 Å². The van der Waals surface area contributed by atoms with Gasteiger partial charge in [-0.2, -0.15) is 0 Å². The van der Waals surface area contributed by atoms with Crippen LogP contribution in [0.4, 0.5) is 5.69 Å². The molecule has 8 nitrogen and oxygen atoms in total. The molecule has 0 aliphatic carbocycles. The monoisotopic (exact) mass is 450 g/mol. The summed E-state index contributed by atoms with van der Waals surface area (Å²) in [5.74, 6) is 0.972. The van der Waals surface area contributed by atoms with Crippen LogP contribution in [0.25, 0.3) is 22.5 Å². The van der Waals surface area contributed by atoms with E-state index in [1.807, 2.05) is 48.7 Å². The minimum atomic E-state index is -3.09. The van der Waals surface area contributed by atoms with Crippen LogP contribution < -0.4 is 5.32 Å². The van der Waals surface area contributed by atoms with E-state index < -0.39 is 15.7 Å². The van der Waals surface area contributed by atoms with Gasteiger partial charge in [-0.3, -0.25) is 4.79 Å². The first-order valence-corrected chi connectivity index (χ1v) is 12.1. The molecule has 1 aliphatic heterocycles. The maximum absolute atomic E-state index is 13.3. The minimum absolute atomic E-state index is 0.0581. The molecule has 0 spiro atoms. The second kappa shape index (κ2) is 7.59. The number of hydrogen-bond donors (Lipinski definition) is 1. The molecule has 1 saturated heterocycles. The van der Waals surface area contributed by atoms with E-state index in [0.29, 0.717) is 40.4 Å². The predicted octanol–water partition coefficient (Wildman–Crippen LogP) is 3.92.